The normalized spacial score (nSPS) is 18.7. The maximum atomic E-state index is 11.6. The summed E-state index contributed by atoms with van der Waals surface area (Å²) in [6.45, 7) is 0. The summed E-state index contributed by atoms with van der Waals surface area (Å²) >= 11 is 0. The molecule has 0 aromatic heterocycles. The standard InChI is InChI=1S/C14H15N3O3/c18-12-3-1-2-9-10(12)6-7-11(9)16-17-14(20)13(19)15-8-4-5-8/h1-3,8,18H,4-7H2,(H,15,19)(H,17,20)/b16-11-. The molecule has 1 fully saturated rings. The van der Waals surface area contributed by atoms with E-state index in [-0.39, 0.29) is 11.8 Å². The lowest BCUT2D eigenvalue weighted by Gasteiger charge is -2.03. The lowest BCUT2D eigenvalue weighted by atomic mass is 10.1. The van der Waals surface area contributed by atoms with Crippen molar-refractivity contribution in [3.8, 4) is 5.75 Å². The van der Waals surface area contributed by atoms with Crippen molar-refractivity contribution in [1.82, 2.24) is 10.7 Å². The van der Waals surface area contributed by atoms with E-state index in [9.17, 15) is 14.7 Å². The quantitative estimate of drug-likeness (QED) is 0.539. The molecule has 1 saturated carbocycles. The predicted molar refractivity (Wildman–Crippen MR) is 72.3 cm³/mol. The van der Waals surface area contributed by atoms with Crippen LogP contribution in [-0.2, 0) is 16.0 Å². The first-order valence-corrected chi connectivity index (χ1v) is 6.64. The topological polar surface area (TPSA) is 90.8 Å². The van der Waals surface area contributed by atoms with E-state index < -0.39 is 11.8 Å². The second kappa shape index (κ2) is 4.96. The van der Waals surface area contributed by atoms with Crippen LogP contribution in [0.3, 0.4) is 0 Å². The number of phenols is 1. The number of amides is 2. The number of hydrogen-bond acceptors (Lipinski definition) is 4. The van der Waals surface area contributed by atoms with Crippen molar-refractivity contribution in [2.75, 3.05) is 0 Å². The van der Waals surface area contributed by atoms with Gasteiger partial charge in [-0.3, -0.25) is 9.59 Å². The number of nitrogens with zero attached hydrogens (tertiary/aromatic N) is 1. The van der Waals surface area contributed by atoms with Gasteiger partial charge < -0.3 is 10.4 Å². The maximum absolute atomic E-state index is 11.6. The van der Waals surface area contributed by atoms with Gasteiger partial charge in [-0.15, -0.1) is 0 Å². The number of nitrogens with one attached hydrogen (secondary N) is 2. The Labute approximate surface area is 115 Å². The van der Waals surface area contributed by atoms with E-state index in [2.05, 4.69) is 15.8 Å². The highest BCUT2D eigenvalue weighted by molar-refractivity contribution is 6.35. The van der Waals surface area contributed by atoms with Crippen LogP contribution in [0.4, 0.5) is 0 Å². The molecule has 104 valence electrons. The predicted octanol–water partition coefficient (Wildman–Crippen LogP) is 0.437. The van der Waals surface area contributed by atoms with Gasteiger partial charge in [-0.05, 0) is 31.7 Å². The number of benzene rings is 1. The van der Waals surface area contributed by atoms with Gasteiger partial charge in [0.25, 0.3) is 0 Å². The van der Waals surface area contributed by atoms with Gasteiger partial charge >= 0.3 is 11.8 Å². The fourth-order valence-corrected chi connectivity index (χ4v) is 2.25. The Morgan fingerprint density at radius 1 is 1.20 bits per heavy atom. The number of rotatable bonds is 2. The molecule has 1 aromatic rings. The van der Waals surface area contributed by atoms with Gasteiger partial charge in [0.05, 0.1) is 5.71 Å². The van der Waals surface area contributed by atoms with Gasteiger partial charge in [0.15, 0.2) is 0 Å². The number of carbonyl (C=O) groups excluding carboxylic acids is 2. The minimum atomic E-state index is -0.752. The molecule has 0 atom stereocenters. The molecule has 2 amide bonds. The Kier molecular flexibility index (Phi) is 3.14. The van der Waals surface area contributed by atoms with Gasteiger partial charge in [-0.25, -0.2) is 5.43 Å². The largest absolute Gasteiger partial charge is 0.508 e. The number of fused-ring (bicyclic) bond motifs is 1. The summed E-state index contributed by atoms with van der Waals surface area (Å²) in [4.78, 5) is 23.0. The van der Waals surface area contributed by atoms with E-state index in [1.165, 1.54) is 0 Å². The molecule has 6 nitrogen and oxygen atoms in total. The molecule has 20 heavy (non-hydrogen) atoms. The summed E-state index contributed by atoms with van der Waals surface area (Å²) in [6, 6.07) is 5.35. The number of hydrazone groups is 1. The van der Waals surface area contributed by atoms with Crippen LogP contribution in [-0.4, -0.2) is 28.7 Å². The van der Waals surface area contributed by atoms with Gasteiger partial charge in [-0.2, -0.15) is 5.10 Å². The zero-order valence-corrected chi connectivity index (χ0v) is 10.8. The van der Waals surface area contributed by atoms with Crippen molar-refractivity contribution in [3.05, 3.63) is 29.3 Å². The molecular weight excluding hydrogens is 258 g/mol. The molecule has 2 aliphatic carbocycles. The molecule has 0 unspecified atom stereocenters. The van der Waals surface area contributed by atoms with Gasteiger partial charge in [0.2, 0.25) is 0 Å². The molecule has 0 radical (unpaired) electrons. The second-order valence-electron chi connectivity index (χ2n) is 5.05. The van der Waals surface area contributed by atoms with Crippen LogP contribution in [0.5, 0.6) is 5.75 Å². The number of aromatic hydroxyl groups is 1. The number of carbonyl (C=O) groups is 2. The Morgan fingerprint density at radius 3 is 2.75 bits per heavy atom. The van der Waals surface area contributed by atoms with Crippen molar-refractivity contribution < 1.29 is 14.7 Å². The molecule has 0 saturated heterocycles. The molecule has 1 aromatic carbocycles. The monoisotopic (exact) mass is 273 g/mol. The van der Waals surface area contributed by atoms with Gasteiger partial charge in [-0.1, -0.05) is 12.1 Å². The van der Waals surface area contributed by atoms with Crippen molar-refractivity contribution in [2.24, 2.45) is 5.10 Å². The van der Waals surface area contributed by atoms with E-state index in [0.717, 1.165) is 24.0 Å². The maximum Gasteiger partial charge on any atom is 0.329 e. The van der Waals surface area contributed by atoms with Crippen LogP contribution >= 0.6 is 0 Å². The summed E-state index contributed by atoms with van der Waals surface area (Å²) in [6.07, 6.45) is 3.18. The summed E-state index contributed by atoms with van der Waals surface area (Å²) in [7, 11) is 0. The van der Waals surface area contributed by atoms with Crippen LogP contribution in [0.25, 0.3) is 0 Å². The molecule has 6 heteroatoms. The smallest absolute Gasteiger partial charge is 0.329 e. The zero-order chi connectivity index (χ0) is 14.1. The third-order valence-electron chi connectivity index (χ3n) is 3.49. The highest BCUT2D eigenvalue weighted by Gasteiger charge is 2.26. The summed E-state index contributed by atoms with van der Waals surface area (Å²) < 4.78 is 0. The first-order chi connectivity index (χ1) is 9.65. The zero-order valence-electron chi connectivity index (χ0n) is 10.8. The van der Waals surface area contributed by atoms with Crippen LogP contribution < -0.4 is 10.7 Å². The van der Waals surface area contributed by atoms with Crippen LogP contribution in [0, 0.1) is 0 Å². The van der Waals surface area contributed by atoms with E-state index in [1.807, 2.05) is 6.07 Å². The Hall–Kier alpha value is -2.37. The van der Waals surface area contributed by atoms with Crippen molar-refractivity contribution in [3.63, 3.8) is 0 Å². The third kappa shape index (κ3) is 2.49. The van der Waals surface area contributed by atoms with Crippen LogP contribution in [0.1, 0.15) is 30.4 Å². The van der Waals surface area contributed by atoms with E-state index in [1.54, 1.807) is 12.1 Å². The first kappa shape index (κ1) is 12.7. The summed E-state index contributed by atoms with van der Waals surface area (Å²) in [5, 5.41) is 16.3. The highest BCUT2D eigenvalue weighted by atomic mass is 16.3. The minimum Gasteiger partial charge on any atom is -0.508 e. The molecule has 2 aliphatic rings. The molecule has 0 spiro atoms. The van der Waals surface area contributed by atoms with Crippen molar-refractivity contribution in [1.29, 1.82) is 0 Å². The molecule has 3 N–H and O–H groups in total. The van der Waals surface area contributed by atoms with Crippen molar-refractivity contribution >= 4 is 17.5 Å². The van der Waals surface area contributed by atoms with E-state index in [0.29, 0.717) is 18.6 Å². The summed E-state index contributed by atoms with van der Waals surface area (Å²) in [5.74, 6) is -1.16. The molecule has 0 bridgehead atoms. The molecule has 0 heterocycles. The fourth-order valence-electron chi connectivity index (χ4n) is 2.25. The first-order valence-electron chi connectivity index (χ1n) is 6.64. The Bertz CT molecular complexity index is 606. The lowest BCUT2D eigenvalue weighted by Crippen LogP contribution is -2.39. The Morgan fingerprint density at radius 2 is 2.00 bits per heavy atom. The second-order valence-corrected chi connectivity index (χ2v) is 5.05. The number of hydrogen-bond donors (Lipinski definition) is 3. The van der Waals surface area contributed by atoms with Gasteiger partial charge in [0, 0.05) is 17.2 Å². The lowest BCUT2D eigenvalue weighted by molar-refractivity contribution is -0.139. The van der Waals surface area contributed by atoms with Gasteiger partial charge in [0.1, 0.15) is 5.75 Å². The third-order valence-corrected chi connectivity index (χ3v) is 3.49. The van der Waals surface area contributed by atoms with Crippen molar-refractivity contribution in [2.45, 2.75) is 31.7 Å². The van der Waals surface area contributed by atoms with Crippen LogP contribution in [0.15, 0.2) is 23.3 Å². The van der Waals surface area contributed by atoms with E-state index in [4.69, 9.17) is 0 Å². The number of phenolic OH excluding ortho intramolecular Hbond substituents is 1. The molecular formula is C14H15N3O3. The minimum absolute atomic E-state index is 0.144. The van der Waals surface area contributed by atoms with Crippen LogP contribution in [0.2, 0.25) is 0 Å². The average Bonchev–Trinajstić information content (AvgIpc) is 3.14. The SMILES string of the molecule is O=C(N/N=C1/CCc2c(O)cccc21)C(=O)NC1CC1. The molecule has 0 aliphatic heterocycles. The fraction of sp³-hybridized carbons (Fsp3) is 0.357. The molecule has 3 rings (SSSR count). The highest BCUT2D eigenvalue weighted by Crippen LogP contribution is 2.29. The average molecular weight is 273 g/mol. The Balaban J connectivity index is 1.67. The summed E-state index contributed by atoms with van der Waals surface area (Å²) in [5.41, 5.74) is 4.62. The van der Waals surface area contributed by atoms with E-state index >= 15 is 0 Å².